The van der Waals surface area contributed by atoms with Gasteiger partial charge in [0.1, 0.15) is 0 Å². The van der Waals surface area contributed by atoms with Crippen LogP contribution >= 0.6 is 0 Å². The van der Waals surface area contributed by atoms with Crippen molar-refractivity contribution in [1.29, 1.82) is 5.26 Å². The highest BCUT2D eigenvalue weighted by atomic mass is 15.0. The Bertz CT molecular complexity index is 2800. The van der Waals surface area contributed by atoms with E-state index in [2.05, 4.69) is 185 Å². The summed E-state index contributed by atoms with van der Waals surface area (Å²) in [5.41, 5.74) is 14.1. The molecular formula is C49H31N3. The first kappa shape index (κ1) is 29.7. The maximum atomic E-state index is 9.71. The molecule has 2 aromatic heterocycles. The van der Waals surface area contributed by atoms with E-state index in [1.54, 1.807) is 0 Å². The summed E-state index contributed by atoms with van der Waals surface area (Å²) in [6.45, 7) is 0. The summed E-state index contributed by atoms with van der Waals surface area (Å²) in [7, 11) is 0. The molecular weight excluding hydrogens is 631 g/mol. The molecule has 0 unspecified atom stereocenters. The molecule has 0 amide bonds. The maximum Gasteiger partial charge on any atom is 0.0991 e. The van der Waals surface area contributed by atoms with Crippen LogP contribution in [-0.4, -0.2) is 9.13 Å². The zero-order chi connectivity index (χ0) is 34.6. The van der Waals surface area contributed by atoms with Crippen LogP contribution in [0.25, 0.3) is 88.4 Å². The third-order valence-electron chi connectivity index (χ3n) is 10.3. The molecule has 242 valence electrons. The molecule has 0 aliphatic rings. The quantitative estimate of drug-likeness (QED) is 0.181. The number of nitrogens with zero attached hydrogens (tertiary/aromatic N) is 3. The van der Waals surface area contributed by atoms with Crippen LogP contribution in [0.5, 0.6) is 0 Å². The van der Waals surface area contributed by atoms with Crippen LogP contribution in [0, 0.1) is 11.3 Å². The van der Waals surface area contributed by atoms with Crippen molar-refractivity contribution in [2.75, 3.05) is 0 Å². The second kappa shape index (κ2) is 12.0. The number of nitriles is 1. The van der Waals surface area contributed by atoms with Gasteiger partial charge >= 0.3 is 0 Å². The first-order chi connectivity index (χ1) is 25.8. The van der Waals surface area contributed by atoms with Crippen LogP contribution in [0.15, 0.2) is 188 Å². The maximum absolute atomic E-state index is 9.71. The van der Waals surface area contributed by atoms with Crippen molar-refractivity contribution >= 4 is 43.6 Å². The molecule has 10 aromatic rings. The van der Waals surface area contributed by atoms with Gasteiger partial charge in [0.05, 0.1) is 33.7 Å². The lowest BCUT2D eigenvalue weighted by atomic mass is 9.89. The van der Waals surface area contributed by atoms with E-state index in [-0.39, 0.29) is 0 Å². The third-order valence-corrected chi connectivity index (χ3v) is 10.3. The topological polar surface area (TPSA) is 33.6 Å². The highest BCUT2D eigenvalue weighted by molar-refractivity contribution is 6.11. The van der Waals surface area contributed by atoms with Gasteiger partial charge in [-0.3, -0.25) is 0 Å². The van der Waals surface area contributed by atoms with Crippen LogP contribution in [0.1, 0.15) is 5.56 Å². The molecule has 0 radical (unpaired) electrons. The van der Waals surface area contributed by atoms with Crippen molar-refractivity contribution in [2.24, 2.45) is 0 Å². The largest absolute Gasteiger partial charge is 0.309 e. The molecule has 52 heavy (non-hydrogen) atoms. The molecule has 0 aliphatic heterocycles. The molecule has 0 bridgehead atoms. The minimum atomic E-state index is 0.648. The van der Waals surface area contributed by atoms with Crippen LogP contribution in [0.2, 0.25) is 0 Å². The molecule has 3 heteroatoms. The van der Waals surface area contributed by atoms with Crippen LogP contribution < -0.4 is 0 Å². The van der Waals surface area contributed by atoms with Crippen molar-refractivity contribution in [3.63, 3.8) is 0 Å². The molecule has 10 rings (SSSR count). The molecule has 0 N–H and O–H groups in total. The number of aromatic nitrogens is 2. The average Bonchev–Trinajstić information content (AvgIpc) is 3.74. The van der Waals surface area contributed by atoms with Crippen molar-refractivity contribution in [2.45, 2.75) is 0 Å². The van der Waals surface area contributed by atoms with E-state index in [0.717, 1.165) is 44.8 Å². The Balaban J connectivity index is 1.29. The number of hydrogen-bond acceptors (Lipinski definition) is 1. The second-order valence-corrected chi connectivity index (χ2v) is 13.3. The van der Waals surface area contributed by atoms with E-state index in [4.69, 9.17) is 0 Å². The van der Waals surface area contributed by atoms with Crippen molar-refractivity contribution < 1.29 is 0 Å². The lowest BCUT2D eigenvalue weighted by molar-refractivity contribution is 1.13. The van der Waals surface area contributed by atoms with Gasteiger partial charge < -0.3 is 9.13 Å². The summed E-state index contributed by atoms with van der Waals surface area (Å²) in [6.07, 6.45) is 0. The van der Waals surface area contributed by atoms with E-state index in [1.165, 1.54) is 43.6 Å². The predicted octanol–water partition coefficient (Wildman–Crippen LogP) is 12.8. The molecule has 0 fully saturated rings. The van der Waals surface area contributed by atoms with E-state index in [0.29, 0.717) is 5.56 Å². The summed E-state index contributed by atoms with van der Waals surface area (Å²) in [5.74, 6) is 0. The minimum absolute atomic E-state index is 0.648. The standard InChI is InChI=1S/C49H31N3/c50-32-33-14-13-15-34(28-33)38-16-1-3-18-40(38)41-19-4-2-17-39(41)35-29-36(51-46-24-9-5-20-42(46)43-21-6-10-25-47(43)51)31-37(30-35)52-48-26-11-7-22-44(48)45-23-8-12-27-49(45)52/h1-31H. The minimum Gasteiger partial charge on any atom is -0.309 e. The predicted molar refractivity (Wildman–Crippen MR) is 216 cm³/mol. The van der Waals surface area contributed by atoms with Gasteiger partial charge in [-0.25, -0.2) is 0 Å². The van der Waals surface area contributed by atoms with E-state index >= 15 is 0 Å². The first-order valence-corrected chi connectivity index (χ1v) is 17.6. The van der Waals surface area contributed by atoms with Gasteiger partial charge in [-0.1, -0.05) is 133 Å². The fourth-order valence-electron chi connectivity index (χ4n) is 8.11. The summed E-state index contributed by atoms with van der Waals surface area (Å²) in [4.78, 5) is 0. The Morgan fingerprint density at radius 1 is 0.327 bits per heavy atom. The summed E-state index contributed by atoms with van der Waals surface area (Å²) in [5, 5.41) is 14.6. The van der Waals surface area contributed by atoms with Crippen LogP contribution in [0.3, 0.4) is 0 Å². The van der Waals surface area contributed by atoms with E-state index in [1.807, 2.05) is 18.2 Å². The van der Waals surface area contributed by atoms with Gasteiger partial charge in [-0.2, -0.15) is 5.26 Å². The molecule has 2 heterocycles. The number of fused-ring (bicyclic) bond motifs is 6. The van der Waals surface area contributed by atoms with Gasteiger partial charge in [0.2, 0.25) is 0 Å². The zero-order valence-electron chi connectivity index (χ0n) is 28.2. The van der Waals surface area contributed by atoms with Gasteiger partial charge in [0.25, 0.3) is 0 Å². The number of para-hydroxylation sites is 4. The molecule has 0 saturated heterocycles. The highest BCUT2D eigenvalue weighted by Crippen LogP contribution is 2.42. The summed E-state index contributed by atoms with van der Waals surface area (Å²) >= 11 is 0. The van der Waals surface area contributed by atoms with E-state index < -0.39 is 0 Å². The average molecular weight is 662 g/mol. The molecule has 0 spiro atoms. The fraction of sp³-hybridized carbons (Fsp3) is 0. The monoisotopic (exact) mass is 661 g/mol. The Morgan fingerprint density at radius 2 is 0.712 bits per heavy atom. The first-order valence-electron chi connectivity index (χ1n) is 17.6. The molecule has 3 nitrogen and oxygen atoms in total. The number of benzene rings is 8. The molecule has 0 aliphatic carbocycles. The summed E-state index contributed by atoms with van der Waals surface area (Å²) in [6, 6.07) is 69.2. The Hall–Kier alpha value is -7.15. The van der Waals surface area contributed by atoms with Crippen molar-refractivity contribution in [3.05, 3.63) is 194 Å². The molecule has 0 saturated carbocycles. The Morgan fingerprint density at radius 3 is 1.15 bits per heavy atom. The smallest absolute Gasteiger partial charge is 0.0991 e. The highest BCUT2D eigenvalue weighted by Gasteiger charge is 2.19. The van der Waals surface area contributed by atoms with Crippen molar-refractivity contribution in [1.82, 2.24) is 9.13 Å². The zero-order valence-corrected chi connectivity index (χ0v) is 28.2. The van der Waals surface area contributed by atoms with Gasteiger partial charge in [0, 0.05) is 32.9 Å². The van der Waals surface area contributed by atoms with Gasteiger partial charge in [0.15, 0.2) is 0 Å². The van der Waals surface area contributed by atoms with Crippen LogP contribution in [-0.2, 0) is 0 Å². The molecule has 0 atom stereocenters. The van der Waals surface area contributed by atoms with Crippen LogP contribution in [0.4, 0.5) is 0 Å². The SMILES string of the molecule is N#Cc1cccc(-c2ccccc2-c2ccccc2-c2cc(-n3c4ccccc4c4ccccc43)cc(-n3c4ccccc4c4ccccc43)c2)c1. The lowest BCUT2D eigenvalue weighted by Crippen LogP contribution is -2.00. The van der Waals surface area contributed by atoms with Gasteiger partial charge in [-0.05, 0) is 88.0 Å². The second-order valence-electron chi connectivity index (χ2n) is 13.3. The van der Waals surface area contributed by atoms with E-state index in [9.17, 15) is 5.26 Å². The lowest BCUT2D eigenvalue weighted by Gasteiger charge is -2.18. The Labute approximate surface area is 301 Å². The molecule has 8 aromatic carbocycles. The van der Waals surface area contributed by atoms with Crippen molar-refractivity contribution in [3.8, 4) is 50.8 Å². The summed E-state index contributed by atoms with van der Waals surface area (Å²) < 4.78 is 4.82. The van der Waals surface area contributed by atoms with Gasteiger partial charge in [-0.15, -0.1) is 0 Å². The third kappa shape index (κ3) is 4.66. The fourth-order valence-corrected chi connectivity index (χ4v) is 8.11. The number of hydrogen-bond donors (Lipinski definition) is 0. The normalized spacial score (nSPS) is 11.4. The number of rotatable bonds is 5. The Kier molecular flexibility index (Phi) is 6.87.